The van der Waals surface area contributed by atoms with E-state index in [-0.39, 0.29) is 0 Å². The van der Waals surface area contributed by atoms with Gasteiger partial charge >= 0.3 is 0 Å². The predicted octanol–water partition coefficient (Wildman–Crippen LogP) is 5.17. The predicted molar refractivity (Wildman–Crippen MR) is 82.5 cm³/mol. The Hall–Kier alpha value is -0.800. The lowest BCUT2D eigenvalue weighted by molar-refractivity contribution is 0.904. The molecule has 0 fully saturated rings. The number of rotatable bonds is 3. The first-order valence-corrected chi connectivity index (χ1v) is 8.02. The fourth-order valence-electron chi connectivity index (χ4n) is 2.54. The number of hydrogen-bond donors (Lipinski definition) is 1. The Morgan fingerprint density at radius 1 is 1.22 bits per heavy atom. The van der Waals surface area contributed by atoms with E-state index in [0.717, 1.165) is 0 Å². The minimum Gasteiger partial charge on any atom is -0.378 e. The molecule has 1 atom stereocenters. The normalized spacial score (nSPS) is 15.4. The van der Waals surface area contributed by atoms with Gasteiger partial charge in [0.2, 0.25) is 0 Å². The lowest BCUT2D eigenvalue weighted by Gasteiger charge is -2.14. The zero-order chi connectivity index (χ0) is 12.5. The SMILES string of the molecule is CC(Nc1ccc2c(c1)CCC2)c1cc(Br)cs1. The van der Waals surface area contributed by atoms with E-state index in [4.69, 9.17) is 0 Å². The number of anilines is 1. The highest BCUT2D eigenvalue weighted by molar-refractivity contribution is 9.10. The minimum atomic E-state index is 0.362. The largest absolute Gasteiger partial charge is 0.378 e. The van der Waals surface area contributed by atoms with Crippen molar-refractivity contribution >= 4 is 33.0 Å². The molecule has 1 heterocycles. The molecule has 0 spiro atoms. The maximum atomic E-state index is 3.59. The van der Waals surface area contributed by atoms with Crippen LogP contribution < -0.4 is 5.32 Å². The molecule has 18 heavy (non-hydrogen) atoms. The minimum absolute atomic E-state index is 0.362. The Balaban J connectivity index is 1.76. The standard InChI is InChI=1S/C15H16BrNS/c1-10(15-8-13(16)9-18-15)17-14-6-5-11-3-2-4-12(11)7-14/h5-10,17H,2-4H2,1H3. The summed E-state index contributed by atoms with van der Waals surface area (Å²) in [5.74, 6) is 0. The quantitative estimate of drug-likeness (QED) is 0.822. The molecule has 0 saturated heterocycles. The molecule has 2 aromatic rings. The highest BCUT2D eigenvalue weighted by Crippen LogP contribution is 2.30. The molecule has 3 rings (SSSR count). The van der Waals surface area contributed by atoms with Crippen molar-refractivity contribution in [1.82, 2.24) is 0 Å². The molecule has 0 aliphatic heterocycles. The summed E-state index contributed by atoms with van der Waals surface area (Å²) in [7, 11) is 0. The molecule has 1 unspecified atom stereocenters. The van der Waals surface area contributed by atoms with Gasteiger partial charge in [0.05, 0.1) is 6.04 Å². The number of fused-ring (bicyclic) bond motifs is 1. The molecule has 0 amide bonds. The van der Waals surface area contributed by atoms with E-state index in [9.17, 15) is 0 Å². The zero-order valence-corrected chi connectivity index (χ0v) is 12.8. The molecule has 1 aromatic carbocycles. The first kappa shape index (κ1) is 12.2. The molecular weight excluding hydrogens is 306 g/mol. The summed E-state index contributed by atoms with van der Waals surface area (Å²) >= 11 is 5.30. The van der Waals surface area contributed by atoms with Gasteiger partial charge in [-0.2, -0.15) is 0 Å². The number of hydrogen-bond acceptors (Lipinski definition) is 2. The molecule has 1 N–H and O–H groups in total. The van der Waals surface area contributed by atoms with Crippen molar-refractivity contribution in [2.24, 2.45) is 0 Å². The van der Waals surface area contributed by atoms with Gasteiger partial charge in [-0.3, -0.25) is 0 Å². The number of thiophene rings is 1. The topological polar surface area (TPSA) is 12.0 Å². The van der Waals surface area contributed by atoms with E-state index in [1.54, 1.807) is 11.3 Å². The highest BCUT2D eigenvalue weighted by atomic mass is 79.9. The second-order valence-corrected chi connectivity index (χ2v) is 6.73. The number of nitrogens with one attached hydrogen (secondary N) is 1. The fraction of sp³-hybridized carbons (Fsp3) is 0.333. The van der Waals surface area contributed by atoms with Gasteiger partial charge in [-0.1, -0.05) is 6.07 Å². The lowest BCUT2D eigenvalue weighted by Crippen LogP contribution is -2.05. The summed E-state index contributed by atoms with van der Waals surface area (Å²) in [6.07, 6.45) is 3.80. The summed E-state index contributed by atoms with van der Waals surface area (Å²) in [5, 5.41) is 5.73. The maximum absolute atomic E-state index is 3.59. The van der Waals surface area contributed by atoms with Crippen LogP contribution in [-0.2, 0) is 12.8 Å². The van der Waals surface area contributed by atoms with Gasteiger partial charge in [0.15, 0.2) is 0 Å². The summed E-state index contributed by atoms with van der Waals surface area (Å²) in [6, 6.07) is 9.36. The average molecular weight is 322 g/mol. The first-order chi connectivity index (χ1) is 8.72. The number of benzene rings is 1. The Labute approximate surface area is 120 Å². The van der Waals surface area contributed by atoms with Crippen molar-refractivity contribution < 1.29 is 0 Å². The monoisotopic (exact) mass is 321 g/mol. The van der Waals surface area contributed by atoms with Crippen molar-refractivity contribution in [2.45, 2.75) is 32.2 Å². The van der Waals surface area contributed by atoms with Gasteiger partial charge in [0, 0.05) is 20.4 Å². The zero-order valence-electron chi connectivity index (χ0n) is 10.4. The summed E-state index contributed by atoms with van der Waals surface area (Å²) in [5.41, 5.74) is 4.30. The van der Waals surface area contributed by atoms with Crippen LogP contribution in [0.4, 0.5) is 5.69 Å². The molecule has 0 bridgehead atoms. The van der Waals surface area contributed by atoms with Crippen LogP contribution in [0.2, 0.25) is 0 Å². The Morgan fingerprint density at radius 2 is 2.06 bits per heavy atom. The van der Waals surface area contributed by atoms with Gasteiger partial charge in [-0.25, -0.2) is 0 Å². The van der Waals surface area contributed by atoms with Gasteiger partial charge in [0.25, 0.3) is 0 Å². The van der Waals surface area contributed by atoms with E-state index in [1.807, 2.05) is 0 Å². The van der Waals surface area contributed by atoms with Crippen molar-refractivity contribution in [2.75, 3.05) is 5.32 Å². The van der Waals surface area contributed by atoms with Crippen molar-refractivity contribution in [1.29, 1.82) is 0 Å². The number of aryl methyl sites for hydroxylation is 2. The van der Waals surface area contributed by atoms with Crippen LogP contribution in [0.15, 0.2) is 34.1 Å². The smallest absolute Gasteiger partial charge is 0.0578 e. The second kappa shape index (κ2) is 5.06. The summed E-state index contributed by atoms with van der Waals surface area (Å²) < 4.78 is 1.17. The molecule has 1 aliphatic carbocycles. The fourth-order valence-corrected chi connectivity index (χ4v) is 3.99. The molecule has 94 valence electrons. The van der Waals surface area contributed by atoms with Gasteiger partial charge < -0.3 is 5.32 Å². The van der Waals surface area contributed by atoms with Crippen LogP contribution >= 0.6 is 27.3 Å². The molecule has 1 nitrogen and oxygen atoms in total. The van der Waals surface area contributed by atoms with Crippen LogP contribution in [0.25, 0.3) is 0 Å². The molecule has 1 aliphatic rings. The summed E-state index contributed by atoms with van der Waals surface area (Å²) in [4.78, 5) is 1.36. The van der Waals surface area contributed by atoms with Gasteiger partial charge in [-0.15, -0.1) is 11.3 Å². The number of halogens is 1. The van der Waals surface area contributed by atoms with Crippen LogP contribution in [0.1, 0.15) is 35.4 Å². The maximum Gasteiger partial charge on any atom is 0.0578 e. The first-order valence-electron chi connectivity index (χ1n) is 6.34. The molecule has 0 saturated carbocycles. The van der Waals surface area contributed by atoms with Crippen molar-refractivity contribution in [3.63, 3.8) is 0 Å². The van der Waals surface area contributed by atoms with E-state index < -0.39 is 0 Å². The Bertz CT molecular complexity index is 561. The van der Waals surface area contributed by atoms with E-state index in [1.165, 1.54) is 45.4 Å². The van der Waals surface area contributed by atoms with Crippen molar-refractivity contribution in [3.05, 3.63) is 50.1 Å². The Morgan fingerprint density at radius 3 is 2.83 bits per heavy atom. The third kappa shape index (κ3) is 2.47. The van der Waals surface area contributed by atoms with Crippen molar-refractivity contribution in [3.8, 4) is 0 Å². The van der Waals surface area contributed by atoms with Crippen LogP contribution in [-0.4, -0.2) is 0 Å². The third-order valence-electron chi connectivity index (χ3n) is 3.50. The van der Waals surface area contributed by atoms with E-state index in [0.29, 0.717) is 6.04 Å². The average Bonchev–Trinajstić information content (AvgIpc) is 2.96. The second-order valence-electron chi connectivity index (χ2n) is 4.87. The Kier molecular flexibility index (Phi) is 3.44. The van der Waals surface area contributed by atoms with E-state index in [2.05, 4.69) is 57.8 Å². The summed E-state index contributed by atoms with van der Waals surface area (Å²) in [6.45, 7) is 2.21. The van der Waals surface area contributed by atoms with Gasteiger partial charge in [0.1, 0.15) is 0 Å². The molecular formula is C15H16BrNS. The molecule has 3 heteroatoms. The third-order valence-corrected chi connectivity index (χ3v) is 5.37. The van der Waals surface area contributed by atoms with Crippen LogP contribution in [0, 0.1) is 0 Å². The van der Waals surface area contributed by atoms with E-state index >= 15 is 0 Å². The van der Waals surface area contributed by atoms with Gasteiger partial charge in [-0.05, 0) is 71.4 Å². The highest BCUT2D eigenvalue weighted by Gasteiger charge is 2.12. The van der Waals surface area contributed by atoms with Crippen LogP contribution in [0.3, 0.4) is 0 Å². The lowest BCUT2D eigenvalue weighted by atomic mass is 10.1. The van der Waals surface area contributed by atoms with Crippen LogP contribution in [0.5, 0.6) is 0 Å². The molecule has 1 aromatic heterocycles. The molecule has 0 radical (unpaired) electrons.